The summed E-state index contributed by atoms with van der Waals surface area (Å²) >= 11 is 0. The third-order valence-electron chi connectivity index (χ3n) is 2.78. The summed E-state index contributed by atoms with van der Waals surface area (Å²) in [6.07, 6.45) is 2.87. The molecule has 4 nitrogen and oxygen atoms in total. The van der Waals surface area contributed by atoms with Crippen LogP contribution < -0.4 is 5.73 Å². The highest BCUT2D eigenvalue weighted by Gasteiger charge is 2.18. The predicted octanol–water partition coefficient (Wildman–Crippen LogP) is 0.656. The monoisotopic (exact) mass is 270 g/mol. The van der Waals surface area contributed by atoms with Gasteiger partial charge in [-0.05, 0) is 25.8 Å². The van der Waals surface area contributed by atoms with Crippen molar-refractivity contribution < 1.29 is 8.42 Å². The van der Waals surface area contributed by atoms with Crippen LogP contribution in [0.2, 0.25) is 0 Å². The van der Waals surface area contributed by atoms with E-state index in [9.17, 15) is 8.42 Å². The molecule has 0 spiro atoms. The average Bonchev–Trinajstić information content (AvgIpc) is 2.15. The van der Waals surface area contributed by atoms with Crippen LogP contribution in [-0.4, -0.2) is 50.5 Å². The van der Waals surface area contributed by atoms with Gasteiger partial charge in [-0.25, -0.2) is 8.42 Å². The summed E-state index contributed by atoms with van der Waals surface area (Å²) in [5.74, 6) is 0.598. The first-order valence-electron chi connectivity index (χ1n) is 5.72. The highest BCUT2D eigenvalue weighted by atomic mass is 35.5. The molecule has 1 rings (SSSR count). The summed E-state index contributed by atoms with van der Waals surface area (Å²) in [4.78, 5) is 2.17. The maximum absolute atomic E-state index is 11.5. The van der Waals surface area contributed by atoms with Gasteiger partial charge in [0.1, 0.15) is 0 Å². The van der Waals surface area contributed by atoms with Gasteiger partial charge in [-0.2, -0.15) is 0 Å². The van der Waals surface area contributed by atoms with Crippen molar-refractivity contribution in [2.45, 2.75) is 32.2 Å². The number of piperidine rings is 1. The van der Waals surface area contributed by atoms with Crippen LogP contribution in [0.5, 0.6) is 0 Å². The van der Waals surface area contributed by atoms with E-state index in [0.717, 1.165) is 25.9 Å². The molecule has 16 heavy (non-hydrogen) atoms. The molecule has 0 radical (unpaired) electrons. The lowest BCUT2D eigenvalue weighted by Crippen LogP contribution is -2.44. The molecule has 1 aliphatic heterocycles. The molecule has 6 heteroatoms. The zero-order chi connectivity index (χ0) is 11.3. The fourth-order valence-corrected chi connectivity index (χ4v) is 3.34. The van der Waals surface area contributed by atoms with E-state index in [1.807, 2.05) is 6.92 Å². The Hall–Kier alpha value is 0.160. The standard InChI is InChI=1S/C10H22N2O2S.ClH/c1-2-7-15(13,14)8-6-12-5-3-4-10(11)9-12;/h10H,2-9,11H2,1H3;1H/t10-;/m1./s1. The second kappa shape index (κ2) is 7.48. The van der Waals surface area contributed by atoms with E-state index < -0.39 is 9.84 Å². The van der Waals surface area contributed by atoms with Crippen molar-refractivity contribution in [1.29, 1.82) is 0 Å². The molecule has 0 aliphatic carbocycles. The lowest BCUT2D eigenvalue weighted by Gasteiger charge is -2.30. The molecule has 0 bridgehead atoms. The van der Waals surface area contributed by atoms with Gasteiger partial charge >= 0.3 is 0 Å². The number of halogens is 1. The first-order chi connectivity index (χ1) is 7.03. The van der Waals surface area contributed by atoms with Crippen molar-refractivity contribution >= 4 is 22.2 Å². The first kappa shape index (κ1) is 16.2. The zero-order valence-corrected chi connectivity index (χ0v) is 11.5. The molecule has 0 aromatic rings. The minimum atomic E-state index is -2.83. The van der Waals surface area contributed by atoms with Crippen molar-refractivity contribution in [3.8, 4) is 0 Å². The summed E-state index contributed by atoms with van der Waals surface area (Å²) < 4.78 is 23.0. The molecule has 0 saturated carbocycles. The molecule has 1 aliphatic rings. The number of hydrogen-bond donors (Lipinski definition) is 1. The SMILES string of the molecule is CCCS(=O)(=O)CCN1CCC[C@@H](N)C1.Cl. The Labute approximate surface area is 105 Å². The number of nitrogens with zero attached hydrogens (tertiary/aromatic N) is 1. The summed E-state index contributed by atoms with van der Waals surface area (Å²) in [5, 5.41) is 0. The number of nitrogens with two attached hydrogens (primary N) is 1. The van der Waals surface area contributed by atoms with Crippen LogP contribution in [0, 0.1) is 0 Å². The van der Waals surface area contributed by atoms with Crippen molar-refractivity contribution in [3.05, 3.63) is 0 Å². The minimum Gasteiger partial charge on any atom is -0.327 e. The third kappa shape index (κ3) is 6.03. The van der Waals surface area contributed by atoms with Crippen LogP contribution in [-0.2, 0) is 9.84 Å². The molecule has 1 saturated heterocycles. The van der Waals surface area contributed by atoms with Crippen LogP contribution in [0.25, 0.3) is 0 Å². The Bertz CT molecular complexity index is 283. The maximum atomic E-state index is 11.5. The molecule has 98 valence electrons. The van der Waals surface area contributed by atoms with Crippen LogP contribution in [0.3, 0.4) is 0 Å². The molecule has 0 amide bonds. The van der Waals surface area contributed by atoms with Crippen LogP contribution in [0.15, 0.2) is 0 Å². The minimum absolute atomic E-state index is 0. The van der Waals surface area contributed by atoms with Gasteiger partial charge in [0, 0.05) is 24.9 Å². The second-order valence-corrected chi connectivity index (χ2v) is 6.66. The largest absolute Gasteiger partial charge is 0.327 e. The Morgan fingerprint density at radius 2 is 2.06 bits per heavy atom. The van der Waals surface area contributed by atoms with Gasteiger partial charge in [0.25, 0.3) is 0 Å². The quantitative estimate of drug-likeness (QED) is 0.797. The summed E-state index contributed by atoms with van der Waals surface area (Å²) in [6.45, 7) is 4.39. The molecular weight excluding hydrogens is 248 g/mol. The fraction of sp³-hybridized carbons (Fsp3) is 1.00. The predicted molar refractivity (Wildman–Crippen MR) is 69.8 cm³/mol. The zero-order valence-electron chi connectivity index (χ0n) is 9.89. The van der Waals surface area contributed by atoms with Crippen LogP contribution in [0.4, 0.5) is 0 Å². The van der Waals surface area contributed by atoms with Gasteiger partial charge in [0.2, 0.25) is 0 Å². The van der Waals surface area contributed by atoms with Crippen molar-refractivity contribution in [1.82, 2.24) is 4.90 Å². The highest BCUT2D eigenvalue weighted by molar-refractivity contribution is 7.91. The smallest absolute Gasteiger partial charge is 0.151 e. The topological polar surface area (TPSA) is 63.4 Å². The number of rotatable bonds is 5. The molecule has 2 N–H and O–H groups in total. The molecule has 0 aromatic carbocycles. The van der Waals surface area contributed by atoms with Crippen LogP contribution >= 0.6 is 12.4 Å². The Kier molecular flexibility index (Phi) is 7.55. The van der Waals surface area contributed by atoms with Gasteiger partial charge in [0.15, 0.2) is 9.84 Å². The number of sulfone groups is 1. The highest BCUT2D eigenvalue weighted by Crippen LogP contribution is 2.08. The van der Waals surface area contributed by atoms with Crippen molar-refractivity contribution in [2.24, 2.45) is 5.73 Å². The van der Waals surface area contributed by atoms with Crippen LogP contribution in [0.1, 0.15) is 26.2 Å². The van der Waals surface area contributed by atoms with E-state index in [1.54, 1.807) is 0 Å². The van der Waals surface area contributed by atoms with E-state index >= 15 is 0 Å². The fourth-order valence-electron chi connectivity index (χ4n) is 1.98. The molecular formula is C10H23ClN2O2S. The van der Waals surface area contributed by atoms with Crippen molar-refractivity contribution in [2.75, 3.05) is 31.1 Å². The molecule has 0 unspecified atom stereocenters. The average molecular weight is 271 g/mol. The first-order valence-corrected chi connectivity index (χ1v) is 7.54. The van der Waals surface area contributed by atoms with Gasteiger partial charge in [-0.1, -0.05) is 6.92 Å². The van der Waals surface area contributed by atoms with Gasteiger partial charge in [0.05, 0.1) is 5.75 Å². The second-order valence-electron chi connectivity index (χ2n) is 4.35. The Morgan fingerprint density at radius 1 is 1.38 bits per heavy atom. The van der Waals surface area contributed by atoms with E-state index in [-0.39, 0.29) is 24.2 Å². The van der Waals surface area contributed by atoms with Gasteiger partial charge in [-0.15, -0.1) is 12.4 Å². The molecule has 1 atom stereocenters. The molecule has 1 heterocycles. The lowest BCUT2D eigenvalue weighted by atomic mass is 10.1. The summed E-state index contributed by atoms with van der Waals surface area (Å²) in [6, 6.07) is 0.229. The van der Waals surface area contributed by atoms with Gasteiger partial charge < -0.3 is 10.6 Å². The van der Waals surface area contributed by atoms with E-state index in [0.29, 0.717) is 18.7 Å². The summed E-state index contributed by atoms with van der Waals surface area (Å²) in [7, 11) is -2.83. The Morgan fingerprint density at radius 3 is 2.62 bits per heavy atom. The van der Waals surface area contributed by atoms with E-state index in [1.165, 1.54) is 0 Å². The normalized spacial score (nSPS) is 22.8. The number of hydrogen-bond acceptors (Lipinski definition) is 4. The third-order valence-corrected chi connectivity index (χ3v) is 4.61. The summed E-state index contributed by atoms with van der Waals surface area (Å²) in [5.41, 5.74) is 5.83. The van der Waals surface area contributed by atoms with E-state index in [4.69, 9.17) is 5.73 Å². The number of likely N-dealkylation sites (tertiary alicyclic amines) is 1. The van der Waals surface area contributed by atoms with E-state index in [2.05, 4.69) is 4.90 Å². The lowest BCUT2D eigenvalue weighted by molar-refractivity contribution is 0.220. The maximum Gasteiger partial charge on any atom is 0.151 e. The molecule has 0 aromatic heterocycles. The van der Waals surface area contributed by atoms with Crippen molar-refractivity contribution in [3.63, 3.8) is 0 Å². The Balaban J connectivity index is 0.00000225. The molecule has 1 fully saturated rings. The van der Waals surface area contributed by atoms with Gasteiger partial charge in [-0.3, -0.25) is 0 Å².